The van der Waals surface area contributed by atoms with Crippen LogP contribution >= 0.6 is 0 Å². The van der Waals surface area contributed by atoms with Crippen molar-refractivity contribution in [3.05, 3.63) is 11.9 Å². The van der Waals surface area contributed by atoms with Crippen molar-refractivity contribution in [3.63, 3.8) is 0 Å². The first-order valence-corrected chi connectivity index (χ1v) is 7.43. The van der Waals surface area contributed by atoms with Crippen LogP contribution in [0.5, 0.6) is 0 Å². The van der Waals surface area contributed by atoms with E-state index in [4.69, 9.17) is 5.73 Å². The second kappa shape index (κ2) is 4.05. The van der Waals surface area contributed by atoms with Crippen LogP contribution in [0.15, 0.2) is 6.20 Å². The normalized spacial score (nSPS) is 41.5. The maximum absolute atomic E-state index is 5.58. The molecule has 0 saturated heterocycles. The molecule has 1 aromatic heterocycles. The quantitative estimate of drug-likeness (QED) is 0.884. The van der Waals surface area contributed by atoms with Gasteiger partial charge in [0.05, 0.1) is 12.2 Å². The lowest BCUT2D eigenvalue weighted by molar-refractivity contribution is -0.00419. The van der Waals surface area contributed by atoms with E-state index in [9.17, 15) is 0 Å². The molecule has 0 spiro atoms. The van der Waals surface area contributed by atoms with Gasteiger partial charge in [-0.1, -0.05) is 5.21 Å². The van der Waals surface area contributed by atoms with Gasteiger partial charge in [0.1, 0.15) is 0 Å². The lowest BCUT2D eigenvalue weighted by atomic mass is 9.51. The van der Waals surface area contributed by atoms with Gasteiger partial charge in [-0.2, -0.15) is 0 Å². The van der Waals surface area contributed by atoms with E-state index < -0.39 is 0 Å². The molecule has 0 unspecified atom stereocenters. The van der Waals surface area contributed by atoms with Crippen molar-refractivity contribution in [2.75, 3.05) is 6.54 Å². The van der Waals surface area contributed by atoms with E-state index in [-0.39, 0.29) is 0 Å². The van der Waals surface area contributed by atoms with Gasteiger partial charge in [-0.05, 0) is 55.8 Å². The van der Waals surface area contributed by atoms with Crippen LogP contribution in [0, 0.1) is 23.7 Å². The Kier molecular flexibility index (Phi) is 2.47. The Labute approximate surface area is 108 Å². The van der Waals surface area contributed by atoms with E-state index in [1.54, 1.807) is 0 Å². The molecule has 4 nitrogen and oxygen atoms in total. The number of nitrogens with zero attached hydrogens (tertiary/aromatic N) is 3. The minimum absolute atomic E-state index is 0.643. The molecular formula is C14H22N4. The third-order valence-corrected chi connectivity index (χ3v) is 5.48. The second-order valence-corrected chi connectivity index (χ2v) is 6.65. The minimum Gasteiger partial charge on any atom is -0.329 e. The van der Waals surface area contributed by atoms with Crippen LogP contribution in [0.3, 0.4) is 0 Å². The van der Waals surface area contributed by atoms with Crippen LogP contribution in [0.2, 0.25) is 0 Å². The number of rotatable bonds is 3. The van der Waals surface area contributed by atoms with Crippen molar-refractivity contribution in [3.8, 4) is 0 Å². The van der Waals surface area contributed by atoms with E-state index >= 15 is 0 Å². The molecule has 0 radical (unpaired) electrons. The summed E-state index contributed by atoms with van der Waals surface area (Å²) >= 11 is 0. The maximum Gasteiger partial charge on any atom is 0.0863 e. The highest BCUT2D eigenvalue weighted by Crippen LogP contribution is 2.59. The molecule has 4 aliphatic rings. The zero-order chi connectivity index (χ0) is 12.1. The van der Waals surface area contributed by atoms with Gasteiger partial charge < -0.3 is 5.73 Å². The molecule has 4 bridgehead atoms. The first-order valence-electron chi connectivity index (χ1n) is 7.43. The van der Waals surface area contributed by atoms with Crippen LogP contribution in [-0.4, -0.2) is 21.5 Å². The SMILES string of the molecule is NCCn1cc(C2C3CC4CC(C3)CC2C4)nn1. The highest BCUT2D eigenvalue weighted by molar-refractivity contribution is 5.13. The van der Waals surface area contributed by atoms with Crippen molar-refractivity contribution in [1.29, 1.82) is 0 Å². The van der Waals surface area contributed by atoms with Gasteiger partial charge in [0.15, 0.2) is 0 Å². The fraction of sp³-hybridized carbons (Fsp3) is 0.857. The number of hydrogen-bond acceptors (Lipinski definition) is 3. The predicted octanol–water partition coefficient (Wildman–Crippen LogP) is 1.78. The molecule has 1 aromatic rings. The van der Waals surface area contributed by atoms with Crippen molar-refractivity contribution < 1.29 is 0 Å². The smallest absolute Gasteiger partial charge is 0.0863 e. The minimum atomic E-state index is 0.643. The first-order chi connectivity index (χ1) is 8.83. The molecule has 4 fully saturated rings. The Morgan fingerprint density at radius 2 is 1.78 bits per heavy atom. The average Bonchev–Trinajstić information content (AvgIpc) is 2.76. The Balaban J connectivity index is 1.60. The zero-order valence-electron chi connectivity index (χ0n) is 10.8. The van der Waals surface area contributed by atoms with Crippen molar-refractivity contribution >= 4 is 0 Å². The summed E-state index contributed by atoms with van der Waals surface area (Å²) in [6.45, 7) is 1.44. The largest absolute Gasteiger partial charge is 0.329 e. The summed E-state index contributed by atoms with van der Waals surface area (Å²) in [5.41, 5.74) is 6.82. The molecule has 4 saturated carbocycles. The van der Waals surface area contributed by atoms with Gasteiger partial charge in [0, 0.05) is 18.7 Å². The molecule has 0 aromatic carbocycles. The summed E-state index contributed by atoms with van der Waals surface area (Å²) < 4.78 is 1.92. The third-order valence-electron chi connectivity index (χ3n) is 5.48. The summed E-state index contributed by atoms with van der Waals surface area (Å²) in [5.74, 6) is 4.54. The molecule has 1 heterocycles. The third kappa shape index (κ3) is 1.62. The van der Waals surface area contributed by atoms with Crippen molar-refractivity contribution in [2.45, 2.75) is 44.6 Å². The summed E-state index contributed by atoms with van der Waals surface area (Å²) in [6, 6.07) is 0. The van der Waals surface area contributed by atoms with E-state index in [1.165, 1.54) is 37.8 Å². The van der Waals surface area contributed by atoms with Gasteiger partial charge in [0.25, 0.3) is 0 Å². The monoisotopic (exact) mass is 246 g/mol. The van der Waals surface area contributed by atoms with Crippen LogP contribution in [0.25, 0.3) is 0 Å². The molecular weight excluding hydrogens is 224 g/mol. The number of hydrogen-bond donors (Lipinski definition) is 1. The fourth-order valence-corrected chi connectivity index (χ4v) is 5.12. The predicted molar refractivity (Wildman–Crippen MR) is 68.9 cm³/mol. The van der Waals surface area contributed by atoms with Crippen LogP contribution in [0.4, 0.5) is 0 Å². The van der Waals surface area contributed by atoms with E-state index in [1.807, 2.05) is 4.68 Å². The molecule has 98 valence electrons. The van der Waals surface area contributed by atoms with Crippen molar-refractivity contribution in [2.24, 2.45) is 29.4 Å². The summed E-state index contributed by atoms with van der Waals surface area (Å²) in [4.78, 5) is 0. The molecule has 2 N–H and O–H groups in total. The molecule has 0 atom stereocenters. The topological polar surface area (TPSA) is 56.7 Å². The van der Waals surface area contributed by atoms with Crippen molar-refractivity contribution in [1.82, 2.24) is 15.0 Å². The van der Waals surface area contributed by atoms with Gasteiger partial charge >= 0.3 is 0 Å². The molecule has 18 heavy (non-hydrogen) atoms. The van der Waals surface area contributed by atoms with E-state index in [0.717, 1.165) is 30.2 Å². The van der Waals surface area contributed by atoms with Gasteiger partial charge in [-0.15, -0.1) is 5.10 Å². The van der Waals surface area contributed by atoms with Crippen LogP contribution in [0.1, 0.15) is 43.7 Å². The summed E-state index contributed by atoms with van der Waals surface area (Å²) in [7, 11) is 0. The second-order valence-electron chi connectivity index (χ2n) is 6.65. The van der Waals surface area contributed by atoms with Crippen LogP contribution < -0.4 is 5.73 Å². The van der Waals surface area contributed by atoms with Gasteiger partial charge in [-0.3, -0.25) is 4.68 Å². The Hall–Kier alpha value is -0.900. The standard InChI is InChI=1S/C14H22N4/c15-1-2-18-8-13(16-17-18)14-11-4-9-3-10(6-11)7-12(14)5-9/h8-12,14H,1-7,15H2. The molecule has 5 rings (SSSR count). The van der Waals surface area contributed by atoms with E-state index in [0.29, 0.717) is 12.5 Å². The Morgan fingerprint density at radius 3 is 2.39 bits per heavy atom. The molecule has 0 aliphatic heterocycles. The summed E-state index contributed by atoms with van der Waals surface area (Å²) in [5, 5.41) is 8.66. The fourth-order valence-electron chi connectivity index (χ4n) is 5.12. The van der Waals surface area contributed by atoms with E-state index in [2.05, 4.69) is 16.5 Å². The number of nitrogens with two attached hydrogens (primary N) is 1. The lowest BCUT2D eigenvalue weighted by Gasteiger charge is -2.53. The highest BCUT2D eigenvalue weighted by atomic mass is 15.4. The zero-order valence-corrected chi connectivity index (χ0v) is 10.8. The van der Waals surface area contributed by atoms with Crippen LogP contribution in [-0.2, 0) is 6.54 Å². The lowest BCUT2D eigenvalue weighted by Crippen LogP contribution is -2.43. The Bertz CT molecular complexity index is 411. The molecule has 4 aliphatic carbocycles. The number of aromatic nitrogens is 3. The average molecular weight is 246 g/mol. The summed E-state index contributed by atoms with van der Waals surface area (Å²) in [6.07, 6.45) is 9.45. The molecule has 4 heteroatoms. The Morgan fingerprint density at radius 1 is 1.11 bits per heavy atom. The molecule has 0 amide bonds. The highest BCUT2D eigenvalue weighted by Gasteiger charge is 2.49. The van der Waals surface area contributed by atoms with Gasteiger partial charge in [0.2, 0.25) is 0 Å². The van der Waals surface area contributed by atoms with Gasteiger partial charge in [-0.25, -0.2) is 0 Å². The first kappa shape index (κ1) is 11.0. The maximum atomic E-state index is 5.58.